The summed E-state index contributed by atoms with van der Waals surface area (Å²) in [7, 11) is 1.72. The Morgan fingerprint density at radius 2 is 2.05 bits per heavy atom. The van der Waals surface area contributed by atoms with Crippen LogP contribution in [0.4, 0.5) is 0 Å². The number of rotatable bonds is 8. The lowest BCUT2D eigenvalue weighted by Crippen LogP contribution is -2.32. The summed E-state index contributed by atoms with van der Waals surface area (Å²) < 4.78 is 5.11. The maximum atomic E-state index is 12.0. The van der Waals surface area contributed by atoms with Crippen LogP contribution in [-0.4, -0.2) is 26.2 Å². The van der Waals surface area contributed by atoms with Gasteiger partial charge in [-0.1, -0.05) is 30.3 Å². The summed E-state index contributed by atoms with van der Waals surface area (Å²) in [5, 5.41) is 3.02. The van der Waals surface area contributed by atoms with Gasteiger partial charge < -0.3 is 15.8 Å². The van der Waals surface area contributed by atoms with Crippen LogP contribution in [0.3, 0.4) is 0 Å². The van der Waals surface area contributed by atoms with E-state index in [-0.39, 0.29) is 29.8 Å². The Kier molecular flexibility index (Phi) is 7.15. The highest BCUT2D eigenvalue weighted by Gasteiger charge is 2.42. The molecule has 21 heavy (non-hydrogen) atoms. The Hall–Kier alpha value is -1.10. The number of carbonyl (C=O) groups is 1. The fourth-order valence-corrected chi connectivity index (χ4v) is 2.39. The second kappa shape index (κ2) is 8.37. The summed E-state index contributed by atoms with van der Waals surface area (Å²) in [6.07, 6.45) is 3.72. The van der Waals surface area contributed by atoms with Crippen LogP contribution >= 0.6 is 12.4 Å². The van der Waals surface area contributed by atoms with Crippen molar-refractivity contribution in [2.45, 2.75) is 31.7 Å². The van der Waals surface area contributed by atoms with Gasteiger partial charge in [0, 0.05) is 32.7 Å². The van der Waals surface area contributed by atoms with Gasteiger partial charge in [-0.25, -0.2) is 0 Å². The van der Waals surface area contributed by atoms with E-state index in [2.05, 4.69) is 5.32 Å². The number of halogens is 1. The zero-order valence-electron chi connectivity index (χ0n) is 12.5. The second-order valence-corrected chi connectivity index (χ2v) is 5.74. The third kappa shape index (κ3) is 5.65. The van der Waals surface area contributed by atoms with Crippen molar-refractivity contribution in [3.8, 4) is 0 Å². The van der Waals surface area contributed by atoms with E-state index in [9.17, 15) is 4.79 Å². The zero-order valence-corrected chi connectivity index (χ0v) is 13.3. The summed E-state index contributed by atoms with van der Waals surface area (Å²) in [5.74, 6) is 0.0324. The molecule has 118 valence electrons. The van der Waals surface area contributed by atoms with Crippen molar-refractivity contribution in [3.05, 3.63) is 35.9 Å². The standard InChI is InChI=1S/C16H24N2O2.ClH/c1-20-10-9-16(7-8-16)12-18-15(19)11-14(17)13-5-3-2-4-6-13;/h2-6,14H,7-12,17H2,1H3,(H,18,19);1H. The van der Waals surface area contributed by atoms with Crippen LogP contribution in [0.25, 0.3) is 0 Å². The van der Waals surface area contributed by atoms with Gasteiger partial charge in [-0.3, -0.25) is 4.79 Å². The fraction of sp³-hybridized carbons (Fsp3) is 0.562. The van der Waals surface area contributed by atoms with Crippen molar-refractivity contribution in [2.75, 3.05) is 20.3 Å². The van der Waals surface area contributed by atoms with Gasteiger partial charge >= 0.3 is 0 Å². The molecule has 1 unspecified atom stereocenters. The lowest BCUT2D eigenvalue weighted by atomic mass is 10.0. The molecule has 0 bridgehead atoms. The predicted octanol–water partition coefficient (Wildman–Crippen LogP) is 2.43. The molecule has 0 aliphatic heterocycles. The van der Waals surface area contributed by atoms with Crippen LogP contribution in [-0.2, 0) is 9.53 Å². The Balaban J connectivity index is 0.00000220. The third-order valence-corrected chi connectivity index (χ3v) is 4.09. The Morgan fingerprint density at radius 3 is 2.62 bits per heavy atom. The molecule has 3 N–H and O–H groups in total. The highest BCUT2D eigenvalue weighted by Crippen LogP contribution is 2.48. The second-order valence-electron chi connectivity index (χ2n) is 5.74. The molecular formula is C16H25ClN2O2. The van der Waals surface area contributed by atoms with Crippen LogP contribution in [0.2, 0.25) is 0 Å². The van der Waals surface area contributed by atoms with Gasteiger partial charge in [0.05, 0.1) is 0 Å². The molecule has 1 atom stereocenters. The molecule has 5 heteroatoms. The van der Waals surface area contributed by atoms with Gasteiger partial charge in [0.15, 0.2) is 0 Å². The molecule has 1 aromatic rings. The van der Waals surface area contributed by atoms with Crippen LogP contribution in [0.1, 0.15) is 37.3 Å². The number of amides is 1. The molecule has 4 nitrogen and oxygen atoms in total. The van der Waals surface area contributed by atoms with E-state index in [1.807, 2.05) is 30.3 Å². The number of hydrogen-bond acceptors (Lipinski definition) is 3. The summed E-state index contributed by atoms with van der Waals surface area (Å²) in [6, 6.07) is 9.51. The van der Waals surface area contributed by atoms with Gasteiger partial charge in [0.25, 0.3) is 0 Å². The first-order chi connectivity index (χ1) is 9.65. The van der Waals surface area contributed by atoms with Gasteiger partial charge in [-0.05, 0) is 30.2 Å². The van der Waals surface area contributed by atoms with E-state index >= 15 is 0 Å². The lowest BCUT2D eigenvalue weighted by Gasteiger charge is -2.17. The molecule has 0 heterocycles. The van der Waals surface area contributed by atoms with Gasteiger partial charge in [0.2, 0.25) is 5.91 Å². The number of nitrogens with two attached hydrogens (primary N) is 1. The smallest absolute Gasteiger partial charge is 0.221 e. The average Bonchev–Trinajstić information content (AvgIpc) is 3.24. The Labute approximate surface area is 132 Å². The van der Waals surface area contributed by atoms with Gasteiger partial charge in [0.1, 0.15) is 0 Å². The van der Waals surface area contributed by atoms with E-state index in [1.165, 1.54) is 12.8 Å². The average molecular weight is 313 g/mol. The zero-order chi connectivity index (χ0) is 14.4. The summed E-state index contributed by atoms with van der Waals surface area (Å²) in [6.45, 7) is 1.51. The number of methoxy groups -OCH3 is 1. The van der Waals surface area contributed by atoms with Crippen molar-refractivity contribution < 1.29 is 9.53 Å². The van der Waals surface area contributed by atoms with E-state index in [1.54, 1.807) is 7.11 Å². The molecule has 1 saturated carbocycles. The van der Waals surface area contributed by atoms with Crippen molar-refractivity contribution in [1.82, 2.24) is 5.32 Å². The number of hydrogen-bond donors (Lipinski definition) is 2. The minimum atomic E-state index is -0.231. The number of nitrogens with one attached hydrogen (secondary N) is 1. The summed E-state index contributed by atoms with van der Waals surface area (Å²) in [4.78, 5) is 12.0. The molecule has 1 aliphatic rings. The minimum Gasteiger partial charge on any atom is -0.385 e. The van der Waals surface area contributed by atoms with Crippen molar-refractivity contribution in [2.24, 2.45) is 11.1 Å². The fourth-order valence-electron chi connectivity index (χ4n) is 2.39. The largest absolute Gasteiger partial charge is 0.385 e. The molecule has 1 aliphatic carbocycles. The lowest BCUT2D eigenvalue weighted by molar-refractivity contribution is -0.121. The topological polar surface area (TPSA) is 64.3 Å². The monoisotopic (exact) mass is 312 g/mol. The number of benzene rings is 1. The van der Waals surface area contributed by atoms with E-state index < -0.39 is 0 Å². The third-order valence-electron chi connectivity index (χ3n) is 4.09. The van der Waals surface area contributed by atoms with Crippen molar-refractivity contribution >= 4 is 18.3 Å². The molecule has 1 amide bonds. The van der Waals surface area contributed by atoms with Crippen LogP contribution in [0, 0.1) is 5.41 Å². The molecular weight excluding hydrogens is 288 g/mol. The highest BCUT2D eigenvalue weighted by atomic mass is 35.5. The number of ether oxygens (including phenoxy) is 1. The maximum absolute atomic E-state index is 12.0. The SMILES string of the molecule is COCCC1(CNC(=O)CC(N)c2ccccc2)CC1.Cl. The van der Waals surface area contributed by atoms with Crippen LogP contribution in [0.15, 0.2) is 30.3 Å². The first-order valence-electron chi connectivity index (χ1n) is 7.21. The Morgan fingerprint density at radius 1 is 1.38 bits per heavy atom. The van der Waals surface area contributed by atoms with E-state index in [4.69, 9.17) is 10.5 Å². The molecule has 0 aromatic heterocycles. The number of carbonyl (C=O) groups excluding carboxylic acids is 1. The van der Waals surface area contributed by atoms with Crippen molar-refractivity contribution in [1.29, 1.82) is 0 Å². The van der Waals surface area contributed by atoms with Crippen molar-refractivity contribution in [3.63, 3.8) is 0 Å². The van der Waals surface area contributed by atoms with E-state index in [0.29, 0.717) is 6.42 Å². The molecule has 0 radical (unpaired) electrons. The van der Waals surface area contributed by atoms with Crippen LogP contribution < -0.4 is 11.1 Å². The first kappa shape index (κ1) is 18.0. The highest BCUT2D eigenvalue weighted by molar-refractivity contribution is 5.85. The summed E-state index contributed by atoms with van der Waals surface area (Å²) >= 11 is 0. The predicted molar refractivity (Wildman–Crippen MR) is 86.4 cm³/mol. The molecule has 1 aromatic carbocycles. The van der Waals surface area contributed by atoms with Gasteiger partial charge in [-0.2, -0.15) is 0 Å². The quantitative estimate of drug-likeness (QED) is 0.775. The van der Waals surface area contributed by atoms with E-state index in [0.717, 1.165) is 25.1 Å². The Bertz CT molecular complexity index is 435. The molecule has 0 spiro atoms. The molecule has 0 saturated heterocycles. The maximum Gasteiger partial charge on any atom is 0.221 e. The molecule has 1 fully saturated rings. The normalized spacial score (nSPS) is 16.7. The first-order valence-corrected chi connectivity index (χ1v) is 7.21. The summed E-state index contributed by atoms with van der Waals surface area (Å²) in [5.41, 5.74) is 7.33. The van der Waals surface area contributed by atoms with Crippen LogP contribution in [0.5, 0.6) is 0 Å². The molecule has 2 rings (SSSR count). The minimum absolute atomic E-state index is 0. The van der Waals surface area contributed by atoms with Gasteiger partial charge in [-0.15, -0.1) is 12.4 Å².